The molecule has 0 fully saturated rings. The van der Waals surface area contributed by atoms with Crippen molar-refractivity contribution in [2.75, 3.05) is 6.26 Å². The molecule has 2 aromatic rings. The van der Waals surface area contributed by atoms with Crippen LogP contribution in [0.5, 0.6) is 0 Å². The first kappa shape index (κ1) is 16.0. The second-order valence-corrected chi connectivity index (χ2v) is 8.34. The van der Waals surface area contributed by atoms with Crippen molar-refractivity contribution < 1.29 is 13.2 Å². The van der Waals surface area contributed by atoms with Crippen LogP contribution < -0.4 is 5.32 Å². The molecule has 0 aliphatic rings. The molecule has 112 valence electrons. The number of benzene rings is 1. The highest BCUT2D eigenvalue weighted by Crippen LogP contribution is 2.27. The molecule has 1 aromatic heterocycles. The lowest BCUT2D eigenvalue weighted by molar-refractivity contribution is 0.0937. The van der Waals surface area contributed by atoms with E-state index in [-0.39, 0.29) is 16.5 Å². The molecule has 2 rings (SSSR count). The number of halogens is 1. The summed E-state index contributed by atoms with van der Waals surface area (Å²) in [5.74, 6) is -0.423. The number of hydrogen-bond donors (Lipinski definition) is 1. The van der Waals surface area contributed by atoms with Gasteiger partial charge in [-0.1, -0.05) is 23.7 Å². The average molecular weight is 344 g/mol. The summed E-state index contributed by atoms with van der Waals surface area (Å²) in [6, 6.07) is 9.50. The zero-order valence-electron chi connectivity index (χ0n) is 11.5. The van der Waals surface area contributed by atoms with E-state index in [4.69, 9.17) is 11.6 Å². The van der Waals surface area contributed by atoms with Crippen LogP contribution in [0.2, 0.25) is 4.34 Å². The number of nitrogens with one attached hydrogen (secondary N) is 1. The van der Waals surface area contributed by atoms with E-state index in [2.05, 4.69) is 5.32 Å². The highest BCUT2D eigenvalue weighted by Gasteiger charge is 2.20. The van der Waals surface area contributed by atoms with Crippen LogP contribution >= 0.6 is 22.9 Å². The number of carbonyl (C=O) groups is 1. The van der Waals surface area contributed by atoms with Gasteiger partial charge >= 0.3 is 0 Å². The van der Waals surface area contributed by atoms with E-state index in [1.807, 2.05) is 13.0 Å². The Morgan fingerprint density at radius 2 is 1.90 bits per heavy atom. The van der Waals surface area contributed by atoms with Crippen LogP contribution in [0.1, 0.15) is 28.2 Å². The number of amides is 1. The molecule has 0 unspecified atom stereocenters. The molecule has 4 nitrogen and oxygen atoms in total. The van der Waals surface area contributed by atoms with Crippen LogP contribution in [0.3, 0.4) is 0 Å². The van der Waals surface area contributed by atoms with Gasteiger partial charge in [-0.2, -0.15) is 0 Å². The fraction of sp³-hybridized carbons (Fsp3) is 0.214. The van der Waals surface area contributed by atoms with E-state index in [9.17, 15) is 13.2 Å². The van der Waals surface area contributed by atoms with Crippen LogP contribution in [-0.2, 0) is 9.84 Å². The Kier molecular flexibility index (Phi) is 4.70. The van der Waals surface area contributed by atoms with Gasteiger partial charge < -0.3 is 5.32 Å². The van der Waals surface area contributed by atoms with Gasteiger partial charge in [0.1, 0.15) is 0 Å². The van der Waals surface area contributed by atoms with Crippen LogP contribution in [0.4, 0.5) is 0 Å². The first-order valence-corrected chi connectivity index (χ1v) is 9.23. The third-order valence-electron chi connectivity index (χ3n) is 2.90. The second-order valence-electron chi connectivity index (χ2n) is 4.61. The maximum atomic E-state index is 12.3. The Morgan fingerprint density at radius 1 is 1.24 bits per heavy atom. The van der Waals surface area contributed by atoms with Gasteiger partial charge in [0.2, 0.25) is 0 Å². The Balaban J connectivity index is 2.26. The van der Waals surface area contributed by atoms with Gasteiger partial charge in [-0.25, -0.2) is 8.42 Å². The molecule has 1 heterocycles. The van der Waals surface area contributed by atoms with Crippen molar-refractivity contribution in [1.29, 1.82) is 0 Å². The number of sulfone groups is 1. The Hall–Kier alpha value is -1.37. The molecule has 1 N–H and O–H groups in total. The normalized spacial score (nSPS) is 12.9. The third-order valence-corrected chi connectivity index (χ3v) is 5.47. The van der Waals surface area contributed by atoms with Gasteiger partial charge in [0.15, 0.2) is 9.84 Å². The van der Waals surface area contributed by atoms with E-state index >= 15 is 0 Å². The predicted molar refractivity (Wildman–Crippen MR) is 84.8 cm³/mol. The zero-order chi connectivity index (χ0) is 15.6. The minimum Gasteiger partial charge on any atom is -0.345 e. The molecule has 7 heteroatoms. The summed E-state index contributed by atoms with van der Waals surface area (Å²) in [4.78, 5) is 13.2. The van der Waals surface area contributed by atoms with Crippen LogP contribution in [0.15, 0.2) is 41.3 Å². The van der Waals surface area contributed by atoms with Gasteiger partial charge in [-0.3, -0.25) is 4.79 Å². The largest absolute Gasteiger partial charge is 0.345 e. The summed E-state index contributed by atoms with van der Waals surface area (Å²) in [5.41, 5.74) is 0.148. The van der Waals surface area contributed by atoms with Gasteiger partial charge in [-0.05, 0) is 31.2 Å². The molecule has 1 atom stereocenters. The van der Waals surface area contributed by atoms with Crippen molar-refractivity contribution in [3.63, 3.8) is 0 Å². The van der Waals surface area contributed by atoms with Gasteiger partial charge in [0.25, 0.3) is 5.91 Å². The summed E-state index contributed by atoms with van der Waals surface area (Å²) in [7, 11) is -3.45. The predicted octanol–water partition coefficient (Wildman–Crippen LogP) is 3.30. The zero-order valence-corrected chi connectivity index (χ0v) is 13.8. The Bertz CT molecular complexity index is 768. The number of rotatable bonds is 4. The van der Waals surface area contributed by atoms with Crippen LogP contribution in [0.25, 0.3) is 0 Å². The van der Waals surface area contributed by atoms with Crippen molar-refractivity contribution in [3.8, 4) is 0 Å². The van der Waals surface area contributed by atoms with E-state index in [1.54, 1.807) is 18.2 Å². The Morgan fingerprint density at radius 3 is 2.48 bits per heavy atom. The summed E-state index contributed by atoms with van der Waals surface area (Å²) in [6.45, 7) is 1.82. The molecule has 0 bridgehead atoms. The third kappa shape index (κ3) is 3.84. The maximum Gasteiger partial charge on any atom is 0.253 e. The highest BCUT2D eigenvalue weighted by molar-refractivity contribution is 7.90. The smallest absolute Gasteiger partial charge is 0.253 e. The van der Waals surface area contributed by atoms with Gasteiger partial charge in [0, 0.05) is 11.1 Å². The standard InChI is InChI=1S/C14H14ClNO3S2/c1-9(11-7-8-13(15)20-11)16-14(17)10-5-3-4-6-12(10)21(2,18)19/h3-9H,1-2H3,(H,16,17)/t9-/m1/s1. The van der Waals surface area contributed by atoms with E-state index in [0.717, 1.165) is 11.1 Å². The summed E-state index contributed by atoms with van der Waals surface area (Å²) in [5, 5.41) is 2.79. The lowest BCUT2D eigenvalue weighted by Gasteiger charge is -2.14. The maximum absolute atomic E-state index is 12.3. The number of carbonyl (C=O) groups excluding carboxylic acids is 1. The molecule has 0 radical (unpaired) electrons. The van der Waals surface area contributed by atoms with Crippen molar-refractivity contribution >= 4 is 38.7 Å². The van der Waals surface area contributed by atoms with Crippen LogP contribution in [0, 0.1) is 0 Å². The van der Waals surface area contributed by atoms with Gasteiger partial charge in [-0.15, -0.1) is 11.3 Å². The molecular weight excluding hydrogens is 330 g/mol. The van der Waals surface area contributed by atoms with Crippen LogP contribution in [-0.4, -0.2) is 20.6 Å². The fourth-order valence-electron chi connectivity index (χ4n) is 1.88. The van der Waals surface area contributed by atoms with Crippen molar-refractivity contribution in [1.82, 2.24) is 5.32 Å². The van der Waals surface area contributed by atoms with Crippen molar-refractivity contribution in [2.24, 2.45) is 0 Å². The lowest BCUT2D eigenvalue weighted by atomic mass is 10.2. The van der Waals surface area contributed by atoms with E-state index < -0.39 is 15.7 Å². The molecular formula is C14H14ClNO3S2. The fourth-order valence-corrected chi connectivity index (χ4v) is 3.83. The van der Waals surface area contributed by atoms with Gasteiger partial charge in [0.05, 0.1) is 20.8 Å². The summed E-state index contributed by atoms with van der Waals surface area (Å²) in [6.07, 6.45) is 1.08. The molecule has 1 aromatic carbocycles. The minimum absolute atomic E-state index is 0.0268. The molecule has 0 aliphatic carbocycles. The number of hydrogen-bond acceptors (Lipinski definition) is 4. The van der Waals surface area contributed by atoms with E-state index in [1.165, 1.54) is 23.5 Å². The molecule has 21 heavy (non-hydrogen) atoms. The first-order valence-electron chi connectivity index (χ1n) is 6.14. The molecule has 0 saturated carbocycles. The Labute approximate surface area is 132 Å². The monoisotopic (exact) mass is 343 g/mol. The number of thiophene rings is 1. The SMILES string of the molecule is C[C@@H](NC(=O)c1ccccc1S(C)(=O)=O)c1ccc(Cl)s1. The van der Waals surface area contributed by atoms with Crippen molar-refractivity contribution in [2.45, 2.75) is 17.9 Å². The summed E-state index contributed by atoms with van der Waals surface area (Å²) < 4.78 is 24.1. The molecule has 0 aliphatic heterocycles. The second kappa shape index (κ2) is 6.17. The molecule has 0 spiro atoms. The van der Waals surface area contributed by atoms with Crippen molar-refractivity contribution in [3.05, 3.63) is 51.2 Å². The van der Waals surface area contributed by atoms with E-state index in [0.29, 0.717) is 4.34 Å². The molecule has 1 amide bonds. The minimum atomic E-state index is -3.45. The lowest BCUT2D eigenvalue weighted by Crippen LogP contribution is -2.27. The average Bonchev–Trinajstić information content (AvgIpc) is 2.84. The quantitative estimate of drug-likeness (QED) is 0.926. The summed E-state index contributed by atoms with van der Waals surface area (Å²) >= 11 is 7.24. The highest BCUT2D eigenvalue weighted by atomic mass is 35.5. The molecule has 0 saturated heterocycles. The topological polar surface area (TPSA) is 63.2 Å². The first-order chi connectivity index (χ1) is 9.79.